The summed E-state index contributed by atoms with van der Waals surface area (Å²) in [4.78, 5) is 13.4. The van der Waals surface area contributed by atoms with Gasteiger partial charge in [-0.15, -0.1) is 11.3 Å². The van der Waals surface area contributed by atoms with Crippen molar-refractivity contribution in [3.8, 4) is 6.07 Å². The van der Waals surface area contributed by atoms with Gasteiger partial charge in [-0.25, -0.2) is 0 Å². The Kier molecular flexibility index (Phi) is 4.57. The van der Waals surface area contributed by atoms with Crippen LogP contribution in [0.15, 0.2) is 0 Å². The monoisotopic (exact) mass is 303 g/mol. The van der Waals surface area contributed by atoms with Crippen LogP contribution in [0.3, 0.4) is 0 Å². The quantitative estimate of drug-likeness (QED) is 0.899. The molecule has 3 rings (SSSR count). The maximum atomic E-state index is 12.1. The van der Waals surface area contributed by atoms with Gasteiger partial charge >= 0.3 is 0 Å². The van der Waals surface area contributed by atoms with Gasteiger partial charge in [-0.2, -0.15) is 5.26 Å². The minimum absolute atomic E-state index is 0.0528. The third kappa shape index (κ3) is 3.28. The lowest BCUT2D eigenvalue weighted by Crippen LogP contribution is -2.30. The van der Waals surface area contributed by atoms with Crippen LogP contribution in [0, 0.1) is 17.2 Å². The molecule has 1 aromatic rings. The van der Waals surface area contributed by atoms with E-state index in [-0.39, 0.29) is 5.91 Å². The molecular formula is C16H21N3OS. The summed E-state index contributed by atoms with van der Waals surface area (Å²) in [6, 6.07) is 2.27. The number of piperidine rings is 1. The number of hydrogen-bond donors (Lipinski definition) is 2. The van der Waals surface area contributed by atoms with Gasteiger partial charge in [0.15, 0.2) is 0 Å². The molecule has 1 amide bonds. The van der Waals surface area contributed by atoms with Crippen molar-refractivity contribution in [2.75, 3.05) is 18.4 Å². The molecule has 1 aliphatic carbocycles. The van der Waals surface area contributed by atoms with Crippen LogP contribution in [0.2, 0.25) is 0 Å². The molecule has 4 nitrogen and oxygen atoms in total. The predicted octanol–water partition coefficient (Wildman–Crippen LogP) is 2.83. The molecule has 5 heteroatoms. The van der Waals surface area contributed by atoms with Crippen molar-refractivity contribution in [1.29, 1.82) is 5.26 Å². The summed E-state index contributed by atoms with van der Waals surface area (Å²) in [7, 11) is 0. The molecule has 2 N–H and O–H groups in total. The number of nitrogens with one attached hydrogen (secondary N) is 2. The van der Waals surface area contributed by atoms with E-state index in [2.05, 4.69) is 16.7 Å². The van der Waals surface area contributed by atoms with Crippen molar-refractivity contribution in [3.63, 3.8) is 0 Å². The van der Waals surface area contributed by atoms with Gasteiger partial charge in [0.25, 0.3) is 0 Å². The first-order valence-corrected chi connectivity index (χ1v) is 8.64. The Hall–Kier alpha value is -1.38. The Labute approximate surface area is 129 Å². The molecule has 0 radical (unpaired) electrons. The van der Waals surface area contributed by atoms with Gasteiger partial charge in [-0.3, -0.25) is 4.79 Å². The van der Waals surface area contributed by atoms with Gasteiger partial charge in [-0.05, 0) is 63.1 Å². The van der Waals surface area contributed by atoms with Crippen LogP contribution in [-0.2, 0) is 17.6 Å². The number of amides is 1. The summed E-state index contributed by atoms with van der Waals surface area (Å²) in [6.45, 7) is 2.14. The zero-order chi connectivity index (χ0) is 14.7. The Morgan fingerprint density at radius 3 is 3.10 bits per heavy atom. The summed E-state index contributed by atoms with van der Waals surface area (Å²) in [5.41, 5.74) is 1.88. The molecule has 0 saturated carbocycles. The number of hydrogen-bond acceptors (Lipinski definition) is 4. The molecule has 1 saturated heterocycles. The Morgan fingerprint density at radius 2 is 2.33 bits per heavy atom. The van der Waals surface area contributed by atoms with Gasteiger partial charge < -0.3 is 10.6 Å². The van der Waals surface area contributed by atoms with Crippen molar-refractivity contribution in [3.05, 3.63) is 16.0 Å². The first-order chi connectivity index (χ1) is 10.3. The first kappa shape index (κ1) is 14.6. The topological polar surface area (TPSA) is 64.9 Å². The number of anilines is 1. The lowest BCUT2D eigenvalue weighted by atomic mass is 9.94. The van der Waals surface area contributed by atoms with Gasteiger partial charge in [0.2, 0.25) is 5.91 Å². The van der Waals surface area contributed by atoms with Crippen LogP contribution >= 0.6 is 11.3 Å². The largest absolute Gasteiger partial charge is 0.317 e. The highest BCUT2D eigenvalue weighted by Crippen LogP contribution is 2.38. The van der Waals surface area contributed by atoms with Crippen LogP contribution < -0.4 is 10.6 Å². The zero-order valence-electron chi connectivity index (χ0n) is 12.2. The van der Waals surface area contributed by atoms with Gasteiger partial charge in [0, 0.05) is 11.3 Å². The zero-order valence-corrected chi connectivity index (χ0v) is 13.0. The maximum absolute atomic E-state index is 12.1. The Balaban J connectivity index is 1.56. The van der Waals surface area contributed by atoms with Crippen LogP contribution in [0.5, 0.6) is 0 Å². The van der Waals surface area contributed by atoms with Crippen molar-refractivity contribution < 1.29 is 4.79 Å². The van der Waals surface area contributed by atoms with Gasteiger partial charge in [-0.1, -0.05) is 0 Å². The number of thiophene rings is 1. The molecule has 1 aromatic heterocycles. The number of rotatable bonds is 4. The smallest absolute Gasteiger partial charge is 0.225 e. The second kappa shape index (κ2) is 6.59. The van der Waals surface area contributed by atoms with E-state index in [1.165, 1.54) is 23.3 Å². The minimum Gasteiger partial charge on any atom is -0.317 e. The lowest BCUT2D eigenvalue weighted by Gasteiger charge is -2.22. The summed E-state index contributed by atoms with van der Waals surface area (Å²) < 4.78 is 0. The van der Waals surface area contributed by atoms with Crippen LogP contribution in [0.1, 0.15) is 48.1 Å². The molecular weight excluding hydrogens is 282 g/mol. The molecule has 0 spiro atoms. The molecule has 1 atom stereocenters. The molecule has 0 bridgehead atoms. The second-order valence-corrected chi connectivity index (χ2v) is 7.08. The standard InChI is InChI=1S/C16H21N3OS/c17-9-13-12-4-1-5-14(12)21-16(13)19-15(20)7-6-11-3-2-8-18-10-11/h11,18H,1-8,10H2,(H,19,20). The number of aryl methyl sites for hydroxylation is 1. The first-order valence-electron chi connectivity index (χ1n) is 7.83. The van der Waals surface area contributed by atoms with Crippen molar-refractivity contribution in [1.82, 2.24) is 5.32 Å². The van der Waals surface area contributed by atoms with Crippen LogP contribution in [0.4, 0.5) is 5.00 Å². The normalized spacial score (nSPS) is 20.8. The van der Waals surface area contributed by atoms with Gasteiger partial charge in [0.05, 0.1) is 5.56 Å². The van der Waals surface area contributed by atoms with Crippen LogP contribution in [0.25, 0.3) is 0 Å². The van der Waals surface area contributed by atoms with Crippen molar-refractivity contribution in [2.24, 2.45) is 5.92 Å². The number of carbonyl (C=O) groups is 1. The van der Waals surface area contributed by atoms with Crippen LogP contribution in [-0.4, -0.2) is 19.0 Å². The van der Waals surface area contributed by atoms with Gasteiger partial charge in [0.1, 0.15) is 11.1 Å². The fourth-order valence-corrected chi connectivity index (χ4v) is 4.56. The summed E-state index contributed by atoms with van der Waals surface area (Å²) in [5, 5.41) is 16.4. The number of fused-ring (bicyclic) bond motifs is 1. The fourth-order valence-electron chi connectivity index (χ4n) is 3.31. The predicted molar refractivity (Wildman–Crippen MR) is 84.5 cm³/mol. The molecule has 1 aliphatic heterocycles. The van der Waals surface area contributed by atoms with E-state index >= 15 is 0 Å². The number of nitriles is 1. The third-order valence-corrected chi connectivity index (χ3v) is 5.67. The van der Waals surface area contributed by atoms with E-state index in [0.29, 0.717) is 17.9 Å². The molecule has 2 heterocycles. The second-order valence-electron chi connectivity index (χ2n) is 5.97. The fraction of sp³-hybridized carbons (Fsp3) is 0.625. The Bertz CT molecular complexity index is 567. The number of carbonyl (C=O) groups excluding carboxylic acids is 1. The Morgan fingerprint density at radius 1 is 1.43 bits per heavy atom. The van der Waals surface area contributed by atoms with E-state index < -0.39 is 0 Å². The van der Waals surface area contributed by atoms with Crippen molar-refractivity contribution >= 4 is 22.2 Å². The highest BCUT2D eigenvalue weighted by Gasteiger charge is 2.23. The molecule has 0 aromatic carbocycles. The SMILES string of the molecule is N#Cc1c(NC(=O)CCC2CCCNC2)sc2c1CCC2. The van der Waals surface area contributed by atoms with E-state index in [4.69, 9.17) is 0 Å². The van der Waals surface area contributed by atoms with E-state index in [9.17, 15) is 10.1 Å². The molecule has 1 unspecified atom stereocenters. The summed E-state index contributed by atoms with van der Waals surface area (Å²) in [5.74, 6) is 0.672. The molecule has 1 fully saturated rings. The summed E-state index contributed by atoms with van der Waals surface area (Å²) >= 11 is 1.60. The average molecular weight is 303 g/mol. The molecule has 21 heavy (non-hydrogen) atoms. The molecule has 2 aliphatic rings. The van der Waals surface area contributed by atoms with Crippen molar-refractivity contribution in [2.45, 2.75) is 44.9 Å². The highest BCUT2D eigenvalue weighted by molar-refractivity contribution is 7.16. The van der Waals surface area contributed by atoms with E-state index in [1.54, 1.807) is 11.3 Å². The van der Waals surface area contributed by atoms with E-state index in [0.717, 1.165) is 43.8 Å². The average Bonchev–Trinajstić information content (AvgIpc) is 3.06. The molecule has 112 valence electrons. The number of nitrogens with zero attached hydrogens (tertiary/aromatic N) is 1. The summed E-state index contributed by atoms with van der Waals surface area (Å²) in [6.07, 6.45) is 7.10. The lowest BCUT2D eigenvalue weighted by molar-refractivity contribution is -0.116. The van der Waals surface area contributed by atoms with E-state index in [1.807, 2.05) is 0 Å². The minimum atomic E-state index is 0.0528. The third-order valence-electron chi connectivity index (χ3n) is 4.46. The maximum Gasteiger partial charge on any atom is 0.225 e. The highest BCUT2D eigenvalue weighted by atomic mass is 32.1.